The molecule has 4 heterocycles. The zero-order chi connectivity index (χ0) is 29.4. The van der Waals surface area contributed by atoms with Crippen molar-refractivity contribution in [1.82, 2.24) is 19.8 Å². The Kier molecular flexibility index (Phi) is 7.93. The summed E-state index contributed by atoms with van der Waals surface area (Å²) in [5, 5.41) is 2.64. The van der Waals surface area contributed by atoms with E-state index in [4.69, 9.17) is 4.74 Å². The standard InChI is InChI=1S/C28H27F6N5O2/c1-17(26(40)37-25-5-3-21(12-36-25)41-24-4-2-19(29)11-23(24)30)39-9-7-28(33,34)22(14-39)18-6-8-35-20(10-18)13-38-15-27(31,32)16-38/h2-6,8,10-12,17,22H,7,9,13-16H2,1H3,(H,36,37,40). The van der Waals surface area contributed by atoms with Crippen LogP contribution in [-0.4, -0.2) is 69.7 Å². The van der Waals surface area contributed by atoms with Crippen molar-refractivity contribution < 1.29 is 35.9 Å². The van der Waals surface area contributed by atoms with Crippen LogP contribution in [0.15, 0.2) is 54.9 Å². The molecule has 0 saturated carbocycles. The first kappa shape index (κ1) is 28.8. The lowest BCUT2D eigenvalue weighted by Gasteiger charge is -2.41. The summed E-state index contributed by atoms with van der Waals surface area (Å²) in [6.07, 6.45) is 2.19. The molecule has 7 nitrogen and oxygen atoms in total. The van der Waals surface area contributed by atoms with Gasteiger partial charge in [0.05, 0.1) is 36.9 Å². The number of halogens is 6. The van der Waals surface area contributed by atoms with E-state index in [1.165, 1.54) is 41.6 Å². The number of pyridine rings is 2. The van der Waals surface area contributed by atoms with E-state index in [1.807, 2.05) is 0 Å². The van der Waals surface area contributed by atoms with Gasteiger partial charge in [-0.15, -0.1) is 0 Å². The van der Waals surface area contributed by atoms with E-state index in [0.717, 1.165) is 12.1 Å². The number of ether oxygens (including phenoxy) is 1. The molecule has 0 aliphatic carbocycles. The predicted molar refractivity (Wildman–Crippen MR) is 137 cm³/mol. The number of nitrogens with zero attached hydrogens (tertiary/aromatic N) is 4. The van der Waals surface area contributed by atoms with E-state index in [2.05, 4.69) is 15.3 Å². The smallest absolute Gasteiger partial charge is 0.272 e. The van der Waals surface area contributed by atoms with Gasteiger partial charge in [0.15, 0.2) is 11.6 Å². The molecule has 2 fully saturated rings. The molecule has 2 aliphatic rings. The number of aromatic nitrogens is 2. The van der Waals surface area contributed by atoms with Gasteiger partial charge >= 0.3 is 0 Å². The molecule has 2 aliphatic heterocycles. The number of anilines is 1. The Hall–Kier alpha value is -3.71. The molecule has 2 unspecified atom stereocenters. The summed E-state index contributed by atoms with van der Waals surface area (Å²) in [7, 11) is 0. The van der Waals surface area contributed by atoms with Gasteiger partial charge in [-0.25, -0.2) is 31.3 Å². The van der Waals surface area contributed by atoms with Crippen LogP contribution >= 0.6 is 0 Å². The third-order valence-electron chi connectivity index (χ3n) is 7.23. The van der Waals surface area contributed by atoms with Crippen LogP contribution in [0.4, 0.5) is 32.2 Å². The average Bonchev–Trinajstić information content (AvgIpc) is 2.90. The van der Waals surface area contributed by atoms with Crippen molar-refractivity contribution >= 4 is 11.7 Å². The molecule has 2 aromatic heterocycles. The quantitative estimate of drug-likeness (QED) is 0.358. The van der Waals surface area contributed by atoms with Crippen LogP contribution < -0.4 is 10.1 Å². The molecule has 5 rings (SSSR count). The summed E-state index contributed by atoms with van der Waals surface area (Å²) in [6.45, 7) is 0.845. The number of hydrogen-bond donors (Lipinski definition) is 1. The molecule has 2 saturated heterocycles. The molecule has 3 aromatic rings. The summed E-state index contributed by atoms with van der Waals surface area (Å²) in [5.74, 6) is -8.95. The first-order chi connectivity index (χ1) is 19.4. The van der Waals surface area contributed by atoms with Gasteiger partial charge in [0, 0.05) is 38.3 Å². The molecule has 1 N–H and O–H groups in total. The van der Waals surface area contributed by atoms with E-state index < -0.39 is 60.9 Å². The zero-order valence-corrected chi connectivity index (χ0v) is 22.0. The highest BCUT2D eigenvalue weighted by Gasteiger charge is 2.47. The Morgan fingerprint density at radius 3 is 2.56 bits per heavy atom. The molecule has 2 atom stereocenters. The van der Waals surface area contributed by atoms with Crippen molar-refractivity contribution in [1.29, 1.82) is 0 Å². The maximum Gasteiger partial charge on any atom is 0.272 e. The van der Waals surface area contributed by atoms with Gasteiger partial charge < -0.3 is 10.1 Å². The number of benzene rings is 1. The Labute approximate surface area is 232 Å². The molecule has 1 amide bonds. The molecule has 13 heteroatoms. The second-order valence-electron chi connectivity index (χ2n) is 10.4. The normalized spacial score (nSPS) is 21.1. The van der Waals surface area contributed by atoms with Gasteiger partial charge in [-0.2, -0.15) is 0 Å². The lowest BCUT2D eigenvalue weighted by atomic mass is 9.86. The number of amides is 1. The van der Waals surface area contributed by atoms with E-state index in [1.54, 1.807) is 11.8 Å². The summed E-state index contributed by atoms with van der Waals surface area (Å²) in [4.78, 5) is 24.4. The highest BCUT2D eigenvalue weighted by molar-refractivity contribution is 5.93. The molecule has 0 spiro atoms. The largest absolute Gasteiger partial charge is 0.453 e. The first-order valence-electron chi connectivity index (χ1n) is 13.0. The monoisotopic (exact) mass is 579 g/mol. The number of likely N-dealkylation sites (tertiary alicyclic amines) is 2. The fourth-order valence-corrected chi connectivity index (χ4v) is 4.97. The Morgan fingerprint density at radius 2 is 1.88 bits per heavy atom. The first-order valence-corrected chi connectivity index (χ1v) is 13.0. The van der Waals surface area contributed by atoms with Crippen LogP contribution in [0.1, 0.15) is 30.5 Å². The number of nitrogens with one attached hydrogen (secondary N) is 1. The molecule has 1 aromatic carbocycles. The minimum atomic E-state index is -3.03. The Bertz CT molecular complexity index is 1400. The fraction of sp³-hybridized carbons (Fsp3) is 0.393. The minimum absolute atomic E-state index is 0.0116. The van der Waals surface area contributed by atoms with Crippen molar-refractivity contribution in [3.05, 3.63) is 77.8 Å². The molecule has 41 heavy (non-hydrogen) atoms. The van der Waals surface area contributed by atoms with E-state index in [9.17, 15) is 22.4 Å². The maximum atomic E-state index is 15.0. The van der Waals surface area contributed by atoms with Crippen molar-refractivity contribution in [2.24, 2.45) is 0 Å². The summed E-state index contributed by atoms with van der Waals surface area (Å²) < 4.78 is 88.7. The zero-order valence-electron chi connectivity index (χ0n) is 22.0. The summed E-state index contributed by atoms with van der Waals surface area (Å²) in [6, 6.07) is 7.98. The van der Waals surface area contributed by atoms with Crippen LogP contribution in [0.25, 0.3) is 0 Å². The van der Waals surface area contributed by atoms with E-state index in [-0.39, 0.29) is 37.0 Å². The van der Waals surface area contributed by atoms with E-state index >= 15 is 8.78 Å². The van der Waals surface area contributed by atoms with Crippen molar-refractivity contribution in [2.45, 2.75) is 43.7 Å². The molecule has 0 radical (unpaired) electrons. The maximum absolute atomic E-state index is 15.0. The topological polar surface area (TPSA) is 70.6 Å². The van der Waals surface area contributed by atoms with Crippen LogP contribution in [0.5, 0.6) is 11.5 Å². The van der Waals surface area contributed by atoms with Gasteiger partial charge in [0.2, 0.25) is 5.91 Å². The fourth-order valence-electron chi connectivity index (χ4n) is 4.97. The SMILES string of the molecule is CC(C(=O)Nc1ccc(Oc2ccc(F)cc2F)cn1)N1CCC(F)(F)C(c2ccnc(CN3CC(F)(F)C3)c2)C1. The lowest BCUT2D eigenvalue weighted by Crippen LogP contribution is -2.55. The highest BCUT2D eigenvalue weighted by atomic mass is 19.3. The van der Waals surface area contributed by atoms with Crippen LogP contribution in [-0.2, 0) is 11.3 Å². The van der Waals surface area contributed by atoms with Gasteiger partial charge in [-0.3, -0.25) is 19.6 Å². The van der Waals surface area contributed by atoms with Gasteiger partial charge in [0.1, 0.15) is 17.4 Å². The Balaban J connectivity index is 1.20. The number of alkyl halides is 4. The third-order valence-corrected chi connectivity index (χ3v) is 7.23. The third kappa shape index (κ3) is 6.79. The lowest BCUT2D eigenvalue weighted by molar-refractivity contribution is -0.134. The van der Waals surface area contributed by atoms with Crippen molar-refractivity contribution in [2.75, 3.05) is 31.5 Å². The van der Waals surface area contributed by atoms with Crippen molar-refractivity contribution in [3.63, 3.8) is 0 Å². The van der Waals surface area contributed by atoms with Gasteiger partial charge in [-0.05, 0) is 48.9 Å². The van der Waals surface area contributed by atoms with Crippen LogP contribution in [0.2, 0.25) is 0 Å². The molecule has 0 bridgehead atoms. The highest BCUT2D eigenvalue weighted by Crippen LogP contribution is 2.41. The summed E-state index contributed by atoms with van der Waals surface area (Å²) in [5.41, 5.74) is 0.761. The molecule has 218 valence electrons. The van der Waals surface area contributed by atoms with Crippen molar-refractivity contribution in [3.8, 4) is 11.5 Å². The number of carbonyl (C=O) groups excluding carboxylic acids is 1. The van der Waals surface area contributed by atoms with Gasteiger partial charge in [0.25, 0.3) is 11.8 Å². The molecular weight excluding hydrogens is 552 g/mol. The van der Waals surface area contributed by atoms with Crippen LogP contribution in [0.3, 0.4) is 0 Å². The average molecular weight is 580 g/mol. The molecular formula is C28H27F6N5O2. The van der Waals surface area contributed by atoms with Gasteiger partial charge in [-0.1, -0.05) is 0 Å². The second-order valence-corrected chi connectivity index (χ2v) is 10.4. The van der Waals surface area contributed by atoms with E-state index in [0.29, 0.717) is 17.3 Å². The number of rotatable bonds is 8. The van der Waals surface area contributed by atoms with Crippen LogP contribution in [0, 0.1) is 11.6 Å². The predicted octanol–water partition coefficient (Wildman–Crippen LogP) is 5.45. The summed E-state index contributed by atoms with van der Waals surface area (Å²) >= 11 is 0. The Morgan fingerprint density at radius 1 is 1.10 bits per heavy atom. The number of carbonyl (C=O) groups is 1. The minimum Gasteiger partial charge on any atom is -0.453 e. The second kappa shape index (κ2) is 11.3. The number of piperidine rings is 1. The number of hydrogen-bond acceptors (Lipinski definition) is 6.